The van der Waals surface area contributed by atoms with Gasteiger partial charge in [-0.2, -0.15) is 0 Å². The van der Waals surface area contributed by atoms with E-state index >= 15 is 0 Å². The van der Waals surface area contributed by atoms with Crippen molar-refractivity contribution in [3.8, 4) is 0 Å². The minimum absolute atomic E-state index is 0.233. The minimum atomic E-state index is -0.944. The number of aromatic nitrogens is 1. The molecule has 1 aromatic rings. The zero-order chi connectivity index (χ0) is 14.6. The Kier molecular flexibility index (Phi) is 5.33. The Morgan fingerprint density at radius 1 is 1.26 bits per heavy atom. The molecule has 0 aliphatic heterocycles. The van der Waals surface area contributed by atoms with E-state index in [0.29, 0.717) is 23.6 Å². The number of aryl methyl sites for hydroxylation is 1. The highest BCUT2D eigenvalue weighted by Crippen LogP contribution is 2.22. The predicted octanol–water partition coefficient (Wildman–Crippen LogP) is 3.43. The molecule has 1 aromatic heterocycles. The van der Waals surface area contributed by atoms with Crippen molar-refractivity contribution in [1.29, 1.82) is 0 Å². The van der Waals surface area contributed by atoms with Crippen molar-refractivity contribution in [1.82, 2.24) is 4.98 Å². The first-order valence-electron chi connectivity index (χ1n) is 6.77. The quantitative estimate of drug-likeness (QED) is 0.826. The molecule has 0 aliphatic rings. The average molecular weight is 264 g/mol. The van der Waals surface area contributed by atoms with Crippen LogP contribution in [0.2, 0.25) is 0 Å². The van der Waals surface area contributed by atoms with Crippen LogP contribution in [0, 0.1) is 24.7 Å². The molecule has 0 aromatic carbocycles. The van der Waals surface area contributed by atoms with Crippen LogP contribution in [-0.2, 0) is 0 Å². The number of anilines is 1. The first-order chi connectivity index (χ1) is 8.82. The summed E-state index contributed by atoms with van der Waals surface area (Å²) in [6.07, 6.45) is 0. The molecule has 0 radical (unpaired) electrons. The van der Waals surface area contributed by atoms with E-state index in [1.54, 1.807) is 12.1 Å². The molecule has 2 N–H and O–H groups in total. The molecule has 1 rings (SSSR count). The van der Waals surface area contributed by atoms with E-state index in [-0.39, 0.29) is 5.56 Å². The van der Waals surface area contributed by atoms with Crippen molar-refractivity contribution >= 4 is 11.8 Å². The normalized spacial score (nSPS) is 11.4. The molecular formula is C15H24N2O2. The van der Waals surface area contributed by atoms with Gasteiger partial charge in [-0.15, -0.1) is 0 Å². The summed E-state index contributed by atoms with van der Waals surface area (Å²) < 4.78 is 0. The van der Waals surface area contributed by atoms with Gasteiger partial charge in [0.2, 0.25) is 0 Å². The van der Waals surface area contributed by atoms with Crippen molar-refractivity contribution in [2.75, 3.05) is 11.9 Å². The van der Waals surface area contributed by atoms with Gasteiger partial charge in [-0.3, -0.25) is 0 Å². The number of hydrogen-bond acceptors (Lipinski definition) is 3. The average Bonchev–Trinajstić information content (AvgIpc) is 2.27. The van der Waals surface area contributed by atoms with Gasteiger partial charge in [0.25, 0.3) is 0 Å². The largest absolute Gasteiger partial charge is 0.478 e. The number of carboxylic acid groups (broad SMARTS) is 1. The van der Waals surface area contributed by atoms with Gasteiger partial charge in [0.1, 0.15) is 11.4 Å². The minimum Gasteiger partial charge on any atom is -0.478 e. The maximum atomic E-state index is 11.2. The van der Waals surface area contributed by atoms with Gasteiger partial charge >= 0.3 is 5.97 Å². The van der Waals surface area contributed by atoms with Gasteiger partial charge in [0, 0.05) is 12.2 Å². The van der Waals surface area contributed by atoms with E-state index in [2.05, 4.69) is 38.0 Å². The van der Waals surface area contributed by atoms with Crippen molar-refractivity contribution in [3.05, 3.63) is 23.4 Å². The van der Waals surface area contributed by atoms with Crippen LogP contribution in [0.25, 0.3) is 0 Å². The molecule has 4 nitrogen and oxygen atoms in total. The highest BCUT2D eigenvalue weighted by atomic mass is 16.4. The number of hydrogen-bond donors (Lipinski definition) is 2. The topological polar surface area (TPSA) is 62.2 Å². The molecule has 106 valence electrons. The zero-order valence-corrected chi connectivity index (χ0v) is 12.4. The van der Waals surface area contributed by atoms with E-state index in [1.807, 2.05) is 6.92 Å². The Labute approximate surface area is 115 Å². The van der Waals surface area contributed by atoms with Gasteiger partial charge in [-0.1, -0.05) is 27.7 Å². The summed E-state index contributed by atoms with van der Waals surface area (Å²) in [7, 11) is 0. The van der Waals surface area contributed by atoms with E-state index in [4.69, 9.17) is 5.11 Å². The number of nitrogens with zero attached hydrogens (tertiary/aromatic N) is 1. The molecule has 4 heteroatoms. The highest BCUT2D eigenvalue weighted by Gasteiger charge is 2.19. The number of aromatic carboxylic acids is 1. The monoisotopic (exact) mass is 264 g/mol. The number of pyridine rings is 1. The maximum absolute atomic E-state index is 11.2. The van der Waals surface area contributed by atoms with E-state index in [1.165, 1.54) is 0 Å². The molecule has 0 saturated heterocycles. The van der Waals surface area contributed by atoms with E-state index in [0.717, 1.165) is 12.2 Å². The summed E-state index contributed by atoms with van der Waals surface area (Å²) in [6, 6.07) is 3.32. The Morgan fingerprint density at radius 3 is 2.32 bits per heavy atom. The summed E-state index contributed by atoms with van der Waals surface area (Å²) in [5.74, 6) is 1.11. The fourth-order valence-electron chi connectivity index (χ4n) is 2.32. The number of carbonyl (C=O) groups is 1. The van der Waals surface area contributed by atoms with Crippen LogP contribution in [-0.4, -0.2) is 22.6 Å². The molecule has 1 heterocycles. The lowest BCUT2D eigenvalue weighted by atomic mass is 9.85. The SMILES string of the molecule is Cc1ccc(C(=O)O)c(NCC(C(C)C)C(C)C)n1. The lowest BCUT2D eigenvalue weighted by molar-refractivity contribution is 0.0697. The number of carboxylic acids is 1. The summed E-state index contributed by atoms with van der Waals surface area (Å²) in [4.78, 5) is 15.5. The Hall–Kier alpha value is -1.58. The highest BCUT2D eigenvalue weighted by molar-refractivity contribution is 5.93. The van der Waals surface area contributed by atoms with Crippen LogP contribution in [0.4, 0.5) is 5.82 Å². The molecule has 19 heavy (non-hydrogen) atoms. The summed E-state index contributed by atoms with van der Waals surface area (Å²) in [5.41, 5.74) is 1.05. The molecule has 0 fully saturated rings. The van der Waals surface area contributed by atoms with Crippen LogP contribution >= 0.6 is 0 Å². The van der Waals surface area contributed by atoms with Gasteiger partial charge in [-0.25, -0.2) is 9.78 Å². The summed E-state index contributed by atoms with van der Waals surface area (Å²) in [5, 5.41) is 12.4. The predicted molar refractivity (Wildman–Crippen MR) is 77.6 cm³/mol. The van der Waals surface area contributed by atoms with Crippen LogP contribution in [0.1, 0.15) is 43.7 Å². The van der Waals surface area contributed by atoms with Gasteiger partial charge in [-0.05, 0) is 36.8 Å². The van der Waals surface area contributed by atoms with Gasteiger partial charge in [0.05, 0.1) is 0 Å². The molecule has 0 atom stereocenters. The maximum Gasteiger partial charge on any atom is 0.339 e. The first-order valence-corrected chi connectivity index (χ1v) is 6.77. The second-order valence-corrected chi connectivity index (χ2v) is 5.69. The van der Waals surface area contributed by atoms with Crippen LogP contribution in [0.5, 0.6) is 0 Å². The van der Waals surface area contributed by atoms with Gasteiger partial charge < -0.3 is 10.4 Å². The van der Waals surface area contributed by atoms with Crippen LogP contribution in [0.3, 0.4) is 0 Å². The number of rotatable bonds is 6. The third kappa shape index (κ3) is 4.23. The Morgan fingerprint density at radius 2 is 1.84 bits per heavy atom. The van der Waals surface area contributed by atoms with Crippen molar-refractivity contribution in [2.24, 2.45) is 17.8 Å². The fourth-order valence-corrected chi connectivity index (χ4v) is 2.32. The smallest absolute Gasteiger partial charge is 0.339 e. The summed E-state index contributed by atoms with van der Waals surface area (Å²) in [6.45, 7) is 11.4. The summed E-state index contributed by atoms with van der Waals surface area (Å²) >= 11 is 0. The molecular weight excluding hydrogens is 240 g/mol. The second-order valence-electron chi connectivity index (χ2n) is 5.69. The van der Waals surface area contributed by atoms with E-state index < -0.39 is 5.97 Å². The fraction of sp³-hybridized carbons (Fsp3) is 0.600. The molecule has 0 aliphatic carbocycles. The molecule has 0 saturated carbocycles. The zero-order valence-electron chi connectivity index (χ0n) is 12.4. The third-order valence-electron chi connectivity index (χ3n) is 3.48. The van der Waals surface area contributed by atoms with E-state index in [9.17, 15) is 4.79 Å². The van der Waals surface area contributed by atoms with Crippen molar-refractivity contribution in [3.63, 3.8) is 0 Å². The lowest BCUT2D eigenvalue weighted by Crippen LogP contribution is -2.25. The second kappa shape index (κ2) is 6.55. The Balaban J connectivity index is 2.87. The van der Waals surface area contributed by atoms with Crippen molar-refractivity contribution < 1.29 is 9.90 Å². The van der Waals surface area contributed by atoms with Crippen LogP contribution in [0.15, 0.2) is 12.1 Å². The van der Waals surface area contributed by atoms with Crippen LogP contribution < -0.4 is 5.32 Å². The first kappa shape index (κ1) is 15.5. The Bertz CT molecular complexity index is 434. The van der Waals surface area contributed by atoms with Gasteiger partial charge in [0.15, 0.2) is 0 Å². The molecule has 0 unspecified atom stereocenters. The number of nitrogens with one attached hydrogen (secondary N) is 1. The lowest BCUT2D eigenvalue weighted by Gasteiger charge is -2.25. The molecule has 0 bridgehead atoms. The van der Waals surface area contributed by atoms with Crippen molar-refractivity contribution in [2.45, 2.75) is 34.6 Å². The third-order valence-corrected chi connectivity index (χ3v) is 3.48. The molecule has 0 amide bonds. The molecule has 0 spiro atoms. The standard InChI is InChI=1S/C15H24N2O2/c1-9(2)13(10(3)4)8-16-14-12(15(18)19)7-6-11(5)17-14/h6-7,9-10,13H,8H2,1-5H3,(H,16,17)(H,18,19).